The van der Waals surface area contributed by atoms with E-state index >= 15 is 0 Å². The molecule has 1 aromatic rings. The van der Waals surface area contributed by atoms with Crippen LogP contribution in [0, 0.1) is 17.8 Å². The zero-order valence-electron chi connectivity index (χ0n) is 44.3. The third-order valence-corrected chi connectivity index (χ3v) is 11.8. The summed E-state index contributed by atoms with van der Waals surface area (Å²) < 4.78 is 0. The monoisotopic (exact) mass is 1050 g/mol. The van der Waals surface area contributed by atoms with Crippen LogP contribution in [0.25, 0.3) is 0 Å². The van der Waals surface area contributed by atoms with Crippen molar-refractivity contribution in [2.45, 2.75) is 174 Å². The summed E-state index contributed by atoms with van der Waals surface area (Å²) in [6.45, 7) is 13.3. The summed E-state index contributed by atoms with van der Waals surface area (Å²) in [6, 6.07) is -3.55. The molecule has 0 aliphatic heterocycles. The van der Waals surface area contributed by atoms with Crippen LogP contribution in [0.15, 0.2) is 29.3 Å². The second kappa shape index (κ2) is 34.0. The number of nitrogens with zero attached hydrogens (tertiary/aromatic N) is 1. The molecule has 0 saturated carbocycles. The Labute approximate surface area is 434 Å². The van der Waals surface area contributed by atoms with Crippen molar-refractivity contribution >= 4 is 59.1 Å². The lowest BCUT2D eigenvalue weighted by atomic mass is 9.99. The van der Waals surface area contributed by atoms with Crippen LogP contribution in [0.1, 0.15) is 119 Å². The van der Waals surface area contributed by atoms with Gasteiger partial charge in [0.1, 0.15) is 54.1 Å². The standard InChI is InChI=1S/C49H86N14O11/c1-26(2)24-37(40(52)66)61-48(74)39(31(8)64)63-43(69)30(7)57-45(71)35(15-10-12-22-51)60-47(73)38(27(3)4)62-42(68)29(6)56-44(70)34(14-9-11-21-50)59-46(72)36(16-13-23-55-49(53)54)58-41(67)28(5)25-32-17-19-33(65)20-18-32/h17-20,26-31,34-39,64-65H,9-16,21-25,50-51H2,1-8H3,(H2,52,66)(H,56,70)(H,57,71)(H,58,67)(H,59,72)(H,60,73)(H,61,74)(H,62,68)(H,63,69)(H4,53,54,55)/t28-,29-,30-,31+,34-,35-,36-,37-,38-,39-/m0/s1. The molecule has 0 fully saturated rings. The van der Waals surface area contributed by atoms with Gasteiger partial charge in [-0.25, -0.2) is 0 Å². The van der Waals surface area contributed by atoms with Gasteiger partial charge in [-0.15, -0.1) is 0 Å². The SMILES string of the molecule is CC(C)C[C@H](NC(=O)[C@@H](NC(=O)[C@H](C)NC(=O)[C@H](CCCCN)NC(=O)[C@@H](NC(=O)[C@H](C)NC(=O)[C@H](CCCCN)NC(=O)[C@H](CCCN=C(N)N)NC(=O)[C@@H](C)Cc1ccc(O)cc1)C(C)C)[C@@H](C)O)C(N)=O. The van der Waals surface area contributed by atoms with Crippen LogP contribution in [0.5, 0.6) is 5.75 Å². The van der Waals surface area contributed by atoms with Gasteiger partial charge in [0, 0.05) is 12.5 Å². The first-order valence-corrected chi connectivity index (χ1v) is 25.4. The maximum Gasteiger partial charge on any atom is 0.245 e. The Morgan fingerprint density at radius 2 is 0.932 bits per heavy atom. The number of amides is 9. The molecular formula is C49H86N14O11. The molecule has 0 bridgehead atoms. The Kier molecular flexibility index (Phi) is 30.1. The van der Waals surface area contributed by atoms with Crippen LogP contribution in [0.3, 0.4) is 0 Å². The molecule has 0 saturated heterocycles. The summed E-state index contributed by atoms with van der Waals surface area (Å²) in [7, 11) is 0. The topological polar surface area (TPSA) is 433 Å². The predicted molar refractivity (Wildman–Crippen MR) is 279 cm³/mol. The van der Waals surface area contributed by atoms with Gasteiger partial charge in [0.15, 0.2) is 5.96 Å². The van der Waals surface area contributed by atoms with Gasteiger partial charge in [0.2, 0.25) is 53.2 Å². The second-order valence-electron chi connectivity index (χ2n) is 19.5. The number of unbranched alkanes of at least 4 members (excludes halogenated alkanes) is 2. The largest absolute Gasteiger partial charge is 0.508 e. The molecule has 0 aliphatic rings. The molecule has 25 nitrogen and oxygen atoms in total. The van der Waals surface area contributed by atoms with Crippen LogP contribution in [0.2, 0.25) is 0 Å². The first-order chi connectivity index (χ1) is 34.7. The number of aromatic hydroxyl groups is 1. The minimum absolute atomic E-state index is 0.0214. The molecule has 418 valence electrons. The number of rotatable bonds is 35. The van der Waals surface area contributed by atoms with E-state index in [-0.39, 0.29) is 62.8 Å². The van der Waals surface area contributed by atoms with Crippen LogP contribution in [-0.4, -0.2) is 143 Å². The van der Waals surface area contributed by atoms with E-state index in [1.807, 2.05) is 13.8 Å². The first kappa shape index (κ1) is 65.4. The van der Waals surface area contributed by atoms with Gasteiger partial charge in [-0.2, -0.15) is 0 Å². The van der Waals surface area contributed by atoms with Crippen molar-refractivity contribution in [2.75, 3.05) is 19.6 Å². The minimum Gasteiger partial charge on any atom is -0.508 e. The highest BCUT2D eigenvalue weighted by Crippen LogP contribution is 2.15. The highest BCUT2D eigenvalue weighted by atomic mass is 16.3. The molecule has 25 heteroatoms. The van der Waals surface area contributed by atoms with E-state index in [1.165, 1.54) is 32.9 Å². The number of carbonyl (C=O) groups excluding carboxylic acids is 9. The van der Waals surface area contributed by atoms with E-state index in [1.54, 1.807) is 32.9 Å². The number of aliphatic hydroxyl groups is 1. The molecule has 1 aromatic carbocycles. The van der Waals surface area contributed by atoms with Gasteiger partial charge in [0.25, 0.3) is 0 Å². The molecule has 0 aliphatic carbocycles. The van der Waals surface area contributed by atoms with E-state index in [4.69, 9.17) is 28.7 Å². The highest BCUT2D eigenvalue weighted by molar-refractivity contribution is 5.98. The molecule has 20 N–H and O–H groups in total. The lowest BCUT2D eigenvalue weighted by Gasteiger charge is -2.28. The number of aliphatic hydroxyl groups excluding tert-OH is 1. The van der Waals surface area contributed by atoms with Gasteiger partial charge in [-0.3, -0.25) is 48.1 Å². The van der Waals surface area contributed by atoms with E-state index in [0.29, 0.717) is 38.6 Å². The molecule has 74 heavy (non-hydrogen) atoms. The Morgan fingerprint density at radius 1 is 0.514 bits per heavy atom. The lowest BCUT2D eigenvalue weighted by Crippen LogP contribution is -2.61. The average molecular weight is 1050 g/mol. The summed E-state index contributed by atoms with van der Waals surface area (Å²) in [5, 5.41) is 40.8. The number of carbonyl (C=O) groups is 9. The molecule has 1 rings (SSSR count). The summed E-state index contributed by atoms with van der Waals surface area (Å²) in [5.74, 6) is -7.94. The fourth-order valence-corrected chi connectivity index (χ4v) is 7.46. The van der Waals surface area contributed by atoms with Crippen LogP contribution in [-0.2, 0) is 49.6 Å². The summed E-state index contributed by atoms with van der Waals surface area (Å²) in [6.07, 6.45) is 1.46. The number of nitrogens with one attached hydrogen (secondary N) is 8. The van der Waals surface area contributed by atoms with E-state index < -0.39 is 119 Å². The average Bonchev–Trinajstić information content (AvgIpc) is 3.32. The maximum absolute atomic E-state index is 13.9. The Morgan fingerprint density at radius 3 is 1.36 bits per heavy atom. The fraction of sp³-hybridized carbons (Fsp3) is 0.673. The number of benzene rings is 1. The zero-order chi connectivity index (χ0) is 56.2. The van der Waals surface area contributed by atoms with E-state index in [0.717, 1.165) is 5.56 Å². The number of guanidine groups is 1. The summed E-state index contributed by atoms with van der Waals surface area (Å²) in [5.41, 5.74) is 28.6. The van der Waals surface area contributed by atoms with Gasteiger partial charge >= 0.3 is 0 Å². The number of primary amides is 1. The van der Waals surface area contributed by atoms with Crippen molar-refractivity contribution in [1.82, 2.24) is 42.5 Å². The lowest BCUT2D eigenvalue weighted by molar-refractivity contribution is -0.136. The van der Waals surface area contributed by atoms with Crippen molar-refractivity contribution in [3.05, 3.63) is 29.8 Å². The van der Waals surface area contributed by atoms with E-state index in [2.05, 4.69) is 47.5 Å². The number of phenols is 1. The molecule has 0 aromatic heterocycles. The zero-order valence-corrected chi connectivity index (χ0v) is 44.3. The first-order valence-electron chi connectivity index (χ1n) is 25.4. The summed E-state index contributed by atoms with van der Waals surface area (Å²) in [4.78, 5) is 125. The van der Waals surface area contributed by atoms with E-state index in [9.17, 15) is 53.4 Å². The Bertz CT molecular complexity index is 2020. The van der Waals surface area contributed by atoms with Gasteiger partial charge < -0.3 is 81.4 Å². The molecular weight excluding hydrogens is 961 g/mol. The van der Waals surface area contributed by atoms with Crippen LogP contribution >= 0.6 is 0 Å². The Balaban J connectivity index is 3.21. The number of aliphatic imine (C=N–C) groups is 1. The third kappa shape index (κ3) is 24.9. The minimum atomic E-state index is -1.52. The number of phenolic OH excluding ortho intramolecular Hbond substituents is 1. The van der Waals surface area contributed by atoms with Crippen molar-refractivity contribution in [1.29, 1.82) is 0 Å². The molecule has 0 heterocycles. The number of hydrogen-bond acceptors (Lipinski definition) is 14. The summed E-state index contributed by atoms with van der Waals surface area (Å²) >= 11 is 0. The van der Waals surface area contributed by atoms with Crippen molar-refractivity contribution in [2.24, 2.45) is 51.4 Å². The molecule has 0 spiro atoms. The van der Waals surface area contributed by atoms with Crippen LogP contribution < -0.4 is 71.2 Å². The maximum atomic E-state index is 13.9. The smallest absolute Gasteiger partial charge is 0.245 e. The van der Waals surface area contributed by atoms with Crippen molar-refractivity contribution in [3.63, 3.8) is 0 Å². The van der Waals surface area contributed by atoms with Crippen molar-refractivity contribution < 1.29 is 53.4 Å². The molecule has 10 atom stereocenters. The second-order valence-corrected chi connectivity index (χ2v) is 19.5. The van der Waals surface area contributed by atoms with Gasteiger partial charge in [-0.05, 0) is 128 Å². The third-order valence-electron chi connectivity index (χ3n) is 11.8. The molecule has 0 unspecified atom stereocenters. The van der Waals surface area contributed by atoms with Crippen LogP contribution in [0.4, 0.5) is 0 Å². The number of hydrogen-bond donors (Lipinski definition) is 15. The fourth-order valence-electron chi connectivity index (χ4n) is 7.46. The normalized spacial score (nSPS) is 15.3. The van der Waals surface area contributed by atoms with Crippen molar-refractivity contribution in [3.8, 4) is 5.75 Å². The number of nitrogens with two attached hydrogens (primary N) is 5. The quantitative estimate of drug-likeness (QED) is 0.0188. The highest BCUT2D eigenvalue weighted by Gasteiger charge is 2.35. The molecule has 9 amide bonds. The van der Waals surface area contributed by atoms with Gasteiger partial charge in [-0.1, -0.05) is 46.8 Å². The van der Waals surface area contributed by atoms with Gasteiger partial charge in [0.05, 0.1) is 6.10 Å². The Hall–Kier alpha value is -6.60. The molecule has 0 radical (unpaired) electrons. The predicted octanol–water partition coefficient (Wildman–Crippen LogP) is -2.63.